The summed E-state index contributed by atoms with van der Waals surface area (Å²) >= 11 is 0. The van der Waals surface area contributed by atoms with Crippen molar-refractivity contribution in [3.8, 4) is 0 Å². The van der Waals surface area contributed by atoms with E-state index in [0.29, 0.717) is 12.5 Å². The van der Waals surface area contributed by atoms with Crippen LogP contribution in [-0.2, 0) is 5.41 Å². The van der Waals surface area contributed by atoms with Crippen LogP contribution < -0.4 is 5.73 Å². The molecule has 1 fully saturated rings. The van der Waals surface area contributed by atoms with E-state index in [2.05, 4.69) is 6.92 Å². The minimum atomic E-state index is -0.0963. The summed E-state index contributed by atoms with van der Waals surface area (Å²) in [6, 6.07) is 7.00. The van der Waals surface area contributed by atoms with Gasteiger partial charge in [0.05, 0.1) is 0 Å². The molecule has 1 aliphatic carbocycles. The summed E-state index contributed by atoms with van der Waals surface area (Å²) in [5.41, 5.74) is 6.40. The fourth-order valence-corrected chi connectivity index (χ4v) is 2.05. The Labute approximate surface area is 77.8 Å². The Kier molecular flexibility index (Phi) is 1.88. The predicted octanol–water partition coefficient (Wildman–Crippen LogP) is 2.06. The molecule has 13 heavy (non-hydrogen) atoms. The molecule has 0 saturated heterocycles. The fraction of sp³-hybridized carbons (Fsp3) is 0.455. The third-order valence-electron chi connectivity index (χ3n) is 3.19. The van der Waals surface area contributed by atoms with Crippen LogP contribution in [0.2, 0.25) is 0 Å². The van der Waals surface area contributed by atoms with Crippen LogP contribution in [0.1, 0.15) is 18.9 Å². The first kappa shape index (κ1) is 8.70. The fourth-order valence-electron chi connectivity index (χ4n) is 2.05. The molecule has 2 atom stereocenters. The highest BCUT2D eigenvalue weighted by Gasteiger charge is 2.51. The number of hydrogen-bond acceptors (Lipinski definition) is 1. The molecule has 1 nitrogen and oxygen atoms in total. The normalized spacial score (nSPS) is 31.8. The van der Waals surface area contributed by atoms with Gasteiger partial charge in [0.25, 0.3) is 0 Å². The second kappa shape index (κ2) is 2.81. The largest absolute Gasteiger partial charge is 0.330 e. The number of nitrogens with two attached hydrogens (primary N) is 1. The molecule has 1 aromatic rings. The van der Waals surface area contributed by atoms with Crippen molar-refractivity contribution in [1.82, 2.24) is 0 Å². The van der Waals surface area contributed by atoms with E-state index in [0.717, 1.165) is 12.0 Å². The highest BCUT2D eigenvalue weighted by Crippen LogP contribution is 2.53. The highest BCUT2D eigenvalue weighted by atomic mass is 19.1. The first-order chi connectivity index (χ1) is 6.18. The standard InChI is InChI=1S/C11H14FN/c1-11(6-8(11)7-13)9-4-2-3-5-10(9)12/h2-5,8H,6-7,13H2,1H3/t8-,11?/m0/s1. The lowest BCUT2D eigenvalue weighted by molar-refractivity contribution is 0.566. The minimum absolute atomic E-state index is 0.0000926. The van der Waals surface area contributed by atoms with Crippen molar-refractivity contribution in [2.45, 2.75) is 18.8 Å². The van der Waals surface area contributed by atoms with Gasteiger partial charge in [-0.05, 0) is 35.9 Å². The van der Waals surface area contributed by atoms with Gasteiger partial charge in [-0.15, -0.1) is 0 Å². The van der Waals surface area contributed by atoms with E-state index in [1.165, 1.54) is 6.07 Å². The summed E-state index contributed by atoms with van der Waals surface area (Å²) in [6.45, 7) is 2.74. The Morgan fingerprint density at radius 3 is 2.77 bits per heavy atom. The Hall–Kier alpha value is -0.890. The molecular weight excluding hydrogens is 165 g/mol. The molecule has 0 aromatic heterocycles. The zero-order chi connectivity index (χ0) is 9.47. The van der Waals surface area contributed by atoms with Crippen LogP contribution in [0.3, 0.4) is 0 Å². The van der Waals surface area contributed by atoms with Gasteiger partial charge in [0.1, 0.15) is 5.82 Å². The van der Waals surface area contributed by atoms with Gasteiger partial charge in [0, 0.05) is 0 Å². The summed E-state index contributed by atoms with van der Waals surface area (Å²) < 4.78 is 13.4. The molecule has 1 saturated carbocycles. The summed E-state index contributed by atoms with van der Waals surface area (Å²) in [6.07, 6.45) is 1.02. The van der Waals surface area contributed by atoms with Crippen molar-refractivity contribution in [1.29, 1.82) is 0 Å². The summed E-state index contributed by atoms with van der Waals surface area (Å²) in [4.78, 5) is 0. The molecule has 0 bridgehead atoms. The molecule has 1 aliphatic rings. The number of rotatable bonds is 2. The summed E-state index contributed by atoms with van der Waals surface area (Å²) in [7, 11) is 0. The van der Waals surface area contributed by atoms with Crippen LogP contribution in [0, 0.1) is 11.7 Å². The summed E-state index contributed by atoms with van der Waals surface area (Å²) in [5, 5.41) is 0. The lowest BCUT2D eigenvalue weighted by Crippen LogP contribution is -2.13. The molecule has 2 rings (SSSR count). The maximum Gasteiger partial charge on any atom is 0.126 e. The van der Waals surface area contributed by atoms with Gasteiger partial charge in [0.2, 0.25) is 0 Å². The number of halogens is 1. The topological polar surface area (TPSA) is 26.0 Å². The van der Waals surface area contributed by atoms with Crippen molar-refractivity contribution in [2.75, 3.05) is 6.54 Å². The van der Waals surface area contributed by atoms with Gasteiger partial charge in [-0.1, -0.05) is 25.1 Å². The first-order valence-electron chi connectivity index (χ1n) is 4.63. The van der Waals surface area contributed by atoms with Crippen LogP contribution in [0.15, 0.2) is 24.3 Å². The molecule has 70 valence electrons. The van der Waals surface area contributed by atoms with E-state index in [1.54, 1.807) is 6.07 Å². The highest BCUT2D eigenvalue weighted by molar-refractivity contribution is 5.33. The Morgan fingerprint density at radius 1 is 1.54 bits per heavy atom. The molecule has 1 aromatic carbocycles. The van der Waals surface area contributed by atoms with Gasteiger partial charge in [-0.25, -0.2) is 4.39 Å². The SMILES string of the molecule is CC1(c2ccccc2F)C[C@H]1CN. The van der Waals surface area contributed by atoms with Crippen LogP contribution in [0.4, 0.5) is 4.39 Å². The van der Waals surface area contributed by atoms with Gasteiger partial charge >= 0.3 is 0 Å². The molecule has 0 spiro atoms. The van der Waals surface area contributed by atoms with Crippen LogP contribution in [-0.4, -0.2) is 6.54 Å². The van der Waals surface area contributed by atoms with Crippen LogP contribution in [0.5, 0.6) is 0 Å². The van der Waals surface area contributed by atoms with Crippen molar-refractivity contribution in [3.63, 3.8) is 0 Å². The van der Waals surface area contributed by atoms with Crippen LogP contribution in [0.25, 0.3) is 0 Å². The van der Waals surface area contributed by atoms with Gasteiger partial charge < -0.3 is 5.73 Å². The van der Waals surface area contributed by atoms with E-state index >= 15 is 0 Å². The second-order valence-corrected chi connectivity index (χ2v) is 4.03. The third kappa shape index (κ3) is 1.25. The molecule has 0 aliphatic heterocycles. The molecule has 2 N–H and O–H groups in total. The molecule has 0 heterocycles. The lowest BCUT2D eigenvalue weighted by atomic mass is 9.95. The maximum atomic E-state index is 13.4. The first-order valence-corrected chi connectivity index (χ1v) is 4.63. The average molecular weight is 179 g/mol. The second-order valence-electron chi connectivity index (χ2n) is 4.03. The molecule has 1 unspecified atom stereocenters. The quantitative estimate of drug-likeness (QED) is 0.739. The van der Waals surface area contributed by atoms with Crippen molar-refractivity contribution in [3.05, 3.63) is 35.6 Å². The maximum absolute atomic E-state index is 13.4. The molecule has 0 radical (unpaired) electrons. The smallest absolute Gasteiger partial charge is 0.126 e. The van der Waals surface area contributed by atoms with Gasteiger partial charge in [-0.3, -0.25) is 0 Å². The monoisotopic (exact) mass is 179 g/mol. The Bertz CT molecular complexity index is 324. The lowest BCUT2D eigenvalue weighted by Gasteiger charge is -2.11. The Morgan fingerprint density at radius 2 is 2.23 bits per heavy atom. The predicted molar refractivity (Wildman–Crippen MR) is 50.9 cm³/mol. The minimum Gasteiger partial charge on any atom is -0.330 e. The van der Waals surface area contributed by atoms with E-state index in [9.17, 15) is 4.39 Å². The number of benzene rings is 1. The molecule has 0 amide bonds. The van der Waals surface area contributed by atoms with E-state index in [4.69, 9.17) is 5.73 Å². The zero-order valence-corrected chi connectivity index (χ0v) is 7.76. The Balaban J connectivity index is 2.32. The number of hydrogen-bond donors (Lipinski definition) is 1. The van der Waals surface area contributed by atoms with Crippen molar-refractivity contribution < 1.29 is 4.39 Å². The van der Waals surface area contributed by atoms with Gasteiger partial charge in [0.15, 0.2) is 0 Å². The van der Waals surface area contributed by atoms with Crippen LogP contribution >= 0.6 is 0 Å². The van der Waals surface area contributed by atoms with E-state index < -0.39 is 0 Å². The molecular formula is C11H14FN. The zero-order valence-electron chi connectivity index (χ0n) is 7.76. The van der Waals surface area contributed by atoms with Gasteiger partial charge in [-0.2, -0.15) is 0 Å². The average Bonchev–Trinajstić information content (AvgIpc) is 2.79. The summed E-state index contributed by atoms with van der Waals surface area (Å²) in [5.74, 6) is 0.366. The van der Waals surface area contributed by atoms with Crippen molar-refractivity contribution >= 4 is 0 Å². The van der Waals surface area contributed by atoms with Crippen molar-refractivity contribution in [2.24, 2.45) is 11.7 Å². The van der Waals surface area contributed by atoms with E-state index in [1.807, 2.05) is 12.1 Å². The molecule has 2 heteroatoms. The van der Waals surface area contributed by atoms with E-state index in [-0.39, 0.29) is 11.2 Å². The third-order valence-corrected chi connectivity index (χ3v) is 3.19.